The van der Waals surface area contributed by atoms with Crippen molar-refractivity contribution >= 4 is 11.0 Å². The molecular formula is C19H24O2. The summed E-state index contributed by atoms with van der Waals surface area (Å²) in [6.45, 7) is 2.06. The summed E-state index contributed by atoms with van der Waals surface area (Å²) in [5, 5.41) is 12.2. The van der Waals surface area contributed by atoms with Crippen molar-refractivity contribution in [1.29, 1.82) is 0 Å². The maximum Gasteiger partial charge on any atom is 0.137 e. The first-order valence-corrected chi connectivity index (χ1v) is 8.32. The molecule has 1 heterocycles. The van der Waals surface area contributed by atoms with Gasteiger partial charge in [0, 0.05) is 5.39 Å². The Hall–Kier alpha value is -1.28. The Morgan fingerprint density at radius 2 is 1.71 bits per heavy atom. The molecule has 2 nitrogen and oxygen atoms in total. The molecule has 1 aromatic carbocycles. The summed E-state index contributed by atoms with van der Waals surface area (Å²) in [6.07, 6.45) is 9.49. The topological polar surface area (TPSA) is 33.4 Å². The molecule has 2 heteroatoms. The van der Waals surface area contributed by atoms with Gasteiger partial charge in [-0.05, 0) is 62.5 Å². The largest absolute Gasteiger partial charge is 0.458 e. The molecule has 1 N–H and O–H groups in total. The van der Waals surface area contributed by atoms with Gasteiger partial charge in [-0.1, -0.05) is 31.0 Å². The van der Waals surface area contributed by atoms with Crippen molar-refractivity contribution in [2.24, 2.45) is 5.41 Å². The predicted molar refractivity (Wildman–Crippen MR) is 84.2 cm³/mol. The maximum atomic E-state index is 11.1. The quantitative estimate of drug-likeness (QED) is 0.793. The van der Waals surface area contributed by atoms with Gasteiger partial charge in [0.25, 0.3) is 0 Å². The van der Waals surface area contributed by atoms with Crippen LogP contribution >= 0.6 is 0 Å². The van der Waals surface area contributed by atoms with Gasteiger partial charge in [-0.3, -0.25) is 0 Å². The second kappa shape index (κ2) is 4.61. The Bertz CT molecular complexity index is 651. The van der Waals surface area contributed by atoms with Crippen molar-refractivity contribution in [3.05, 3.63) is 35.6 Å². The van der Waals surface area contributed by atoms with E-state index in [1.807, 2.05) is 0 Å². The third kappa shape index (κ3) is 2.12. The lowest BCUT2D eigenvalue weighted by Crippen LogP contribution is -2.35. The van der Waals surface area contributed by atoms with Crippen LogP contribution in [0.15, 0.2) is 28.7 Å². The van der Waals surface area contributed by atoms with E-state index in [0.29, 0.717) is 5.41 Å². The van der Waals surface area contributed by atoms with Crippen molar-refractivity contribution in [2.45, 2.75) is 63.9 Å². The first-order valence-electron chi connectivity index (χ1n) is 8.32. The van der Waals surface area contributed by atoms with Crippen LogP contribution in [-0.2, 0) is 5.60 Å². The van der Waals surface area contributed by atoms with Crippen LogP contribution < -0.4 is 0 Å². The van der Waals surface area contributed by atoms with E-state index in [4.69, 9.17) is 4.42 Å². The number of aliphatic hydroxyl groups is 1. The molecule has 2 aliphatic carbocycles. The number of rotatable bonds is 1. The van der Waals surface area contributed by atoms with E-state index in [0.717, 1.165) is 48.0 Å². The number of para-hydroxylation sites is 1. The first kappa shape index (κ1) is 13.4. The van der Waals surface area contributed by atoms with Crippen LogP contribution in [0.25, 0.3) is 11.0 Å². The second-order valence-electron chi connectivity index (χ2n) is 7.34. The molecule has 112 valence electrons. The van der Waals surface area contributed by atoms with Crippen molar-refractivity contribution < 1.29 is 9.52 Å². The lowest BCUT2D eigenvalue weighted by Gasteiger charge is -2.41. The molecule has 0 aliphatic heterocycles. The molecule has 0 unspecified atom stereocenters. The van der Waals surface area contributed by atoms with E-state index in [1.165, 1.54) is 25.7 Å². The Morgan fingerprint density at radius 1 is 1.00 bits per heavy atom. The van der Waals surface area contributed by atoms with Crippen LogP contribution in [0, 0.1) is 12.3 Å². The van der Waals surface area contributed by atoms with Gasteiger partial charge in [0.2, 0.25) is 0 Å². The molecule has 4 rings (SSSR count). The normalized spacial score (nSPS) is 23.9. The zero-order valence-electron chi connectivity index (χ0n) is 12.8. The fourth-order valence-corrected chi connectivity index (χ4v) is 4.50. The average Bonchev–Trinajstić information content (AvgIpc) is 3.11. The molecule has 0 radical (unpaired) electrons. The molecule has 2 fully saturated rings. The van der Waals surface area contributed by atoms with E-state index in [-0.39, 0.29) is 0 Å². The van der Waals surface area contributed by atoms with E-state index in [9.17, 15) is 5.11 Å². The molecule has 0 saturated heterocycles. The molecule has 0 atom stereocenters. The van der Waals surface area contributed by atoms with Gasteiger partial charge >= 0.3 is 0 Å². The summed E-state index contributed by atoms with van der Waals surface area (Å²) >= 11 is 0. The second-order valence-corrected chi connectivity index (χ2v) is 7.34. The van der Waals surface area contributed by atoms with Gasteiger partial charge in [-0.25, -0.2) is 0 Å². The fraction of sp³-hybridized carbons (Fsp3) is 0.579. The monoisotopic (exact) mass is 284 g/mol. The zero-order valence-corrected chi connectivity index (χ0v) is 12.8. The standard InChI is InChI=1S/C19H24O2/c1-14-5-4-6-15-13-16(21-17(14)15)19(20)11-9-18(10-12-19)7-2-3-8-18/h4-6,13,20H,2-3,7-12H2,1H3. The van der Waals surface area contributed by atoms with Crippen LogP contribution in [0.3, 0.4) is 0 Å². The number of hydrogen-bond acceptors (Lipinski definition) is 2. The van der Waals surface area contributed by atoms with Crippen molar-refractivity contribution in [2.75, 3.05) is 0 Å². The Kier molecular flexibility index (Phi) is 2.94. The van der Waals surface area contributed by atoms with E-state index < -0.39 is 5.60 Å². The van der Waals surface area contributed by atoms with Gasteiger partial charge in [0.1, 0.15) is 16.9 Å². The first-order chi connectivity index (χ1) is 10.1. The molecule has 0 bridgehead atoms. The Morgan fingerprint density at radius 3 is 2.38 bits per heavy atom. The van der Waals surface area contributed by atoms with Crippen molar-refractivity contribution in [3.8, 4) is 0 Å². The van der Waals surface area contributed by atoms with E-state index in [2.05, 4.69) is 31.2 Å². The average molecular weight is 284 g/mol. The number of hydrogen-bond donors (Lipinski definition) is 1. The van der Waals surface area contributed by atoms with Gasteiger partial charge in [0.05, 0.1) is 0 Å². The highest BCUT2D eigenvalue weighted by atomic mass is 16.4. The number of benzene rings is 1. The van der Waals surface area contributed by atoms with E-state index in [1.54, 1.807) is 0 Å². The summed E-state index contributed by atoms with van der Waals surface area (Å²) in [7, 11) is 0. The smallest absolute Gasteiger partial charge is 0.137 e. The molecule has 1 aromatic heterocycles. The lowest BCUT2D eigenvalue weighted by molar-refractivity contribution is -0.0518. The number of aryl methyl sites for hydroxylation is 1. The van der Waals surface area contributed by atoms with Crippen LogP contribution in [0.2, 0.25) is 0 Å². The zero-order chi connectivity index (χ0) is 14.5. The molecule has 21 heavy (non-hydrogen) atoms. The number of furan rings is 1. The molecule has 2 aliphatic rings. The third-order valence-corrected chi connectivity index (χ3v) is 6.00. The fourth-order valence-electron chi connectivity index (χ4n) is 4.50. The number of fused-ring (bicyclic) bond motifs is 1. The van der Waals surface area contributed by atoms with Crippen LogP contribution in [-0.4, -0.2) is 5.11 Å². The highest BCUT2D eigenvalue weighted by Gasteiger charge is 2.45. The molecule has 2 aromatic rings. The predicted octanol–water partition coefficient (Wildman–Crippen LogP) is 5.06. The Balaban J connectivity index is 1.64. The van der Waals surface area contributed by atoms with Crippen LogP contribution in [0.4, 0.5) is 0 Å². The molecule has 1 spiro atoms. The Labute approximate surface area is 126 Å². The summed E-state index contributed by atoms with van der Waals surface area (Å²) in [4.78, 5) is 0. The van der Waals surface area contributed by atoms with Gasteiger partial charge in [0.15, 0.2) is 0 Å². The summed E-state index contributed by atoms with van der Waals surface area (Å²) in [6, 6.07) is 8.23. The highest BCUT2D eigenvalue weighted by molar-refractivity contribution is 5.81. The summed E-state index contributed by atoms with van der Waals surface area (Å²) < 4.78 is 6.04. The summed E-state index contributed by atoms with van der Waals surface area (Å²) in [5.74, 6) is 0.777. The highest BCUT2D eigenvalue weighted by Crippen LogP contribution is 2.53. The molecule has 0 amide bonds. The third-order valence-electron chi connectivity index (χ3n) is 6.00. The van der Waals surface area contributed by atoms with Crippen LogP contribution in [0.5, 0.6) is 0 Å². The molecule has 2 saturated carbocycles. The SMILES string of the molecule is Cc1cccc2cc(C3(O)CCC4(CCCC4)CC3)oc12. The van der Waals surface area contributed by atoms with E-state index >= 15 is 0 Å². The summed E-state index contributed by atoms with van der Waals surface area (Å²) in [5.41, 5.74) is 1.86. The molecular weight excluding hydrogens is 260 g/mol. The minimum absolute atomic E-state index is 0.536. The minimum atomic E-state index is -0.751. The van der Waals surface area contributed by atoms with Gasteiger partial charge < -0.3 is 9.52 Å². The maximum absolute atomic E-state index is 11.1. The minimum Gasteiger partial charge on any atom is -0.458 e. The van der Waals surface area contributed by atoms with Crippen LogP contribution in [0.1, 0.15) is 62.7 Å². The lowest BCUT2D eigenvalue weighted by atomic mass is 9.67. The van der Waals surface area contributed by atoms with Gasteiger partial charge in [-0.2, -0.15) is 0 Å². The van der Waals surface area contributed by atoms with Gasteiger partial charge in [-0.15, -0.1) is 0 Å². The van der Waals surface area contributed by atoms with Crippen molar-refractivity contribution in [3.63, 3.8) is 0 Å². The van der Waals surface area contributed by atoms with Crippen molar-refractivity contribution in [1.82, 2.24) is 0 Å².